The Morgan fingerprint density at radius 3 is 2.26 bits per heavy atom. The Morgan fingerprint density at radius 1 is 1.06 bits per heavy atom. The van der Waals surface area contributed by atoms with Gasteiger partial charge in [0.1, 0.15) is 5.69 Å². The molecule has 2 aliphatic rings. The summed E-state index contributed by atoms with van der Waals surface area (Å²) in [6, 6.07) is 14.6. The number of carbonyl (C=O) groups excluding carboxylic acids is 1. The summed E-state index contributed by atoms with van der Waals surface area (Å²) in [6.07, 6.45) is -0.315. The molecule has 0 radical (unpaired) electrons. The van der Waals surface area contributed by atoms with Gasteiger partial charge in [-0.25, -0.2) is 14.1 Å². The van der Waals surface area contributed by atoms with Crippen molar-refractivity contribution in [1.29, 1.82) is 0 Å². The van der Waals surface area contributed by atoms with E-state index in [1.165, 1.54) is 10.5 Å². The molecule has 1 saturated heterocycles. The Hall–Kier alpha value is -2.74. The molecule has 2 heterocycles. The van der Waals surface area contributed by atoms with Crippen molar-refractivity contribution in [2.45, 2.75) is 45.8 Å². The summed E-state index contributed by atoms with van der Waals surface area (Å²) in [6.45, 7) is 11.3. The van der Waals surface area contributed by atoms with Gasteiger partial charge in [-0.15, -0.1) is 0 Å². The van der Waals surface area contributed by atoms with Gasteiger partial charge in [-0.1, -0.05) is 24.3 Å². The van der Waals surface area contributed by atoms with E-state index in [9.17, 15) is 14.7 Å². The van der Waals surface area contributed by atoms with Crippen LogP contribution < -0.4 is 4.48 Å². The molecular formula is C28H39N4O3+. The number of quaternary nitrogens is 1. The van der Waals surface area contributed by atoms with Gasteiger partial charge in [0.05, 0.1) is 26.1 Å². The highest BCUT2D eigenvalue weighted by molar-refractivity contribution is 5.89. The SMILES string of the molecule is CCN(C(=O)O)C1C[C@H](C)[N@+](C)(C(C)=O)c2ccc(-c3ccc(CN4CCN(C)CC4)cc3)cc21. The highest BCUT2D eigenvalue weighted by Gasteiger charge is 2.47. The van der Waals surface area contributed by atoms with Crippen molar-refractivity contribution in [3.05, 3.63) is 53.6 Å². The Kier molecular flexibility index (Phi) is 7.31. The highest BCUT2D eigenvalue weighted by Crippen LogP contribution is 2.45. The van der Waals surface area contributed by atoms with Gasteiger partial charge in [-0.2, -0.15) is 0 Å². The van der Waals surface area contributed by atoms with Crippen LogP contribution in [0.3, 0.4) is 0 Å². The molecular weight excluding hydrogens is 440 g/mol. The first-order valence-electron chi connectivity index (χ1n) is 12.7. The monoisotopic (exact) mass is 479 g/mol. The van der Waals surface area contributed by atoms with Crippen molar-refractivity contribution in [2.24, 2.45) is 0 Å². The minimum Gasteiger partial charge on any atom is -0.465 e. The molecule has 3 atom stereocenters. The number of carboxylic acid groups (broad SMARTS) is 1. The lowest BCUT2D eigenvalue weighted by Crippen LogP contribution is -2.60. The van der Waals surface area contributed by atoms with Crippen LogP contribution in [0.25, 0.3) is 11.1 Å². The van der Waals surface area contributed by atoms with E-state index in [1.54, 1.807) is 6.92 Å². The summed E-state index contributed by atoms with van der Waals surface area (Å²) in [4.78, 5) is 31.2. The summed E-state index contributed by atoms with van der Waals surface area (Å²) in [7, 11) is 4.12. The Balaban J connectivity index is 1.66. The molecule has 0 aromatic heterocycles. The first kappa shape index (κ1) is 25.4. The molecule has 2 aromatic carbocycles. The van der Waals surface area contributed by atoms with E-state index in [4.69, 9.17) is 0 Å². The molecule has 0 spiro atoms. The zero-order valence-electron chi connectivity index (χ0n) is 21.7. The normalized spacial score (nSPS) is 25.2. The second-order valence-corrected chi connectivity index (χ2v) is 10.3. The number of rotatable bonds is 5. The van der Waals surface area contributed by atoms with E-state index in [-0.39, 0.29) is 22.5 Å². The average molecular weight is 480 g/mol. The quantitative estimate of drug-likeness (QED) is 0.644. The number of benzene rings is 2. The van der Waals surface area contributed by atoms with E-state index in [0.717, 1.165) is 55.1 Å². The van der Waals surface area contributed by atoms with Crippen molar-refractivity contribution in [3.8, 4) is 11.1 Å². The summed E-state index contributed by atoms with van der Waals surface area (Å²) >= 11 is 0. The predicted octanol–water partition coefficient (Wildman–Crippen LogP) is 4.42. The molecule has 0 saturated carbocycles. The van der Waals surface area contributed by atoms with Gasteiger partial charge in [0.2, 0.25) is 0 Å². The number of hydrogen-bond donors (Lipinski definition) is 1. The summed E-state index contributed by atoms with van der Waals surface area (Å²) < 4.78 is 0.188. The third-order valence-corrected chi connectivity index (χ3v) is 8.24. The fourth-order valence-electron chi connectivity index (χ4n) is 5.65. The lowest BCUT2D eigenvalue weighted by Gasteiger charge is -2.45. The van der Waals surface area contributed by atoms with Crippen LogP contribution in [0, 0.1) is 0 Å². The average Bonchev–Trinajstić information content (AvgIpc) is 2.84. The van der Waals surface area contributed by atoms with Crippen LogP contribution in [-0.4, -0.2) is 84.7 Å². The van der Waals surface area contributed by atoms with Crippen LogP contribution in [0.2, 0.25) is 0 Å². The maximum atomic E-state index is 12.8. The van der Waals surface area contributed by atoms with Crippen LogP contribution in [0.4, 0.5) is 10.5 Å². The second-order valence-electron chi connectivity index (χ2n) is 10.3. The smallest absolute Gasteiger partial charge is 0.407 e. The number of amides is 2. The first-order chi connectivity index (χ1) is 16.6. The van der Waals surface area contributed by atoms with Crippen LogP contribution in [0.5, 0.6) is 0 Å². The number of nitrogens with zero attached hydrogens (tertiary/aromatic N) is 4. The third-order valence-electron chi connectivity index (χ3n) is 8.24. The minimum atomic E-state index is -0.923. The Bertz CT molecular complexity index is 1080. The number of hydrogen-bond acceptors (Lipinski definition) is 4. The molecule has 2 aromatic rings. The number of likely N-dealkylation sites (N-methyl/N-ethyl adjacent to an activating group) is 1. The minimum absolute atomic E-state index is 0.0156. The molecule has 1 fully saturated rings. The van der Waals surface area contributed by atoms with E-state index in [0.29, 0.717) is 13.0 Å². The van der Waals surface area contributed by atoms with Crippen molar-refractivity contribution in [3.63, 3.8) is 0 Å². The van der Waals surface area contributed by atoms with Crippen LogP contribution in [0.1, 0.15) is 44.4 Å². The molecule has 0 aliphatic carbocycles. The highest BCUT2D eigenvalue weighted by atomic mass is 16.4. The van der Waals surface area contributed by atoms with E-state index in [1.807, 2.05) is 27.0 Å². The predicted molar refractivity (Wildman–Crippen MR) is 140 cm³/mol. The van der Waals surface area contributed by atoms with Gasteiger partial charge in [-0.05, 0) is 49.7 Å². The van der Waals surface area contributed by atoms with E-state index >= 15 is 0 Å². The maximum absolute atomic E-state index is 12.8. The fourth-order valence-corrected chi connectivity index (χ4v) is 5.65. The molecule has 1 N–H and O–H groups in total. The van der Waals surface area contributed by atoms with E-state index in [2.05, 4.69) is 53.2 Å². The standard InChI is InChI=1S/C28H38N4O3/c1-6-31(28(34)35)26-17-20(2)32(5,21(3)33)27-12-11-24(18-25(26)27)23-9-7-22(8-10-23)19-30-15-13-29(4)14-16-30/h7-12,18,20,26H,6,13-17,19H2,1-5H3/p+1/t20-,26?,32+/m0/s1. The van der Waals surface area contributed by atoms with Gasteiger partial charge < -0.3 is 14.9 Å². The largest absolute Gasteiger partial charge is 0.465 e. The lowest BCUT2D eigenvalue weighted by atomic mass is 9.86. The molecule has 0 bridgehead atoms. The molecule has 35 heavy (non-hydrogen) atoms. The van der Waals surface area contributed by atoms with Gasteiger partial charge in [-0.3, -0.25) is 4.90 Å². The summed E-state index contributed by atoms with van der Waals surface area (Å²) in [5.74, 6) is 0.0663. The van der Waals surface area contributed by atoms with Crippen molar-refractivity contribution >= 4 is 17.7 Å². The van der Waals surface area contributed by atoms with Gasteiger partial charge in [0, 0.05) is 57.3 Å². The lowest BCUT2D eigenvalue weighted by molar-refractivity contribution is -0.129. The second kappa shape index (κ2) is 10.1. The molecule has 7 heteroatoms. The van der Waals surface area contributed by atoms with Crippen LogP contribution in [0.15, 0.2) is 42.5 Å². The summed E-state index contributed by atoms with van der Waals surface area (Å²) in [5, 5.41) is 9.89. The molecule has 2 amide bonds. The molecule has 188 valence electrons. The molecule has 2 aliphatic heterocycles. The first-order valence-corrected chi connectivity index (χ1v) is 12.7. The van der Waals surface area contributed by atoms with Crippen molar-refractivity contribution in [1.82, 2.24) is 19.2 Å². The summed E-state index contributed by atoms with van der Waals surface area (Å²) in [5.41, 5.74) is 5.28. The van der Waals surface area contributed by atoms with Crippen molar-refractivity contribution in [2.75, 3.05) is 46.8 Å². The van der Waals surface area contributed by atoms with Crippen LogP contribution in [-0.2, 0) is 11.3 Å². The van der Waals surface area contributed by atoms with E-state index < -0.39 is 6.09 Å². The molecule has 1 unspecified atom stereocenters. The Labute approximate surface area is 209 Å². The zero-order chi connectivity index (χ0) is 25.3. The molecule has 4 rings (SSSR count). The number of piperazine rings is 1. The topological polar surface area (TPSA) is 64.1 Å². The zero-order valence-corrected chi connectivity index (χ0v) is 21.7. The third kappa shape index (κ3) is 4.85. The Morgan fingerprint density at radius 2 is 1.69 bits per heavy atom. The molecule has 7 nitrogen and oxygen atoms in total. The van der Waals surface area contributed by atoms with Crippen molar-refractivity contribution < 1.29 is 14.7 Å². The van der Waals surface area contributed by atoms with Gasteiger partial charge in [0.15, 0.2) is 0 Å². The number of fused-ring (bicyclic) bond motifs is 1. The fraction of sp³-hybridized carbons (Fsp3) is 0.500. The van der Waals surface area contributed by atoms with Gasteiger partial charge >= 0.3 is 12.0 Å². The number of carbonyl (C=O) groups is 2. The maximum Gasteiger partial charge on any atom is 0.407 e. The van der Waals surface area contributed by atoms with Gasteiger partial charge in [0.25, 0.3) is 0 Å². The van der Waals surface area contributed by atoms with Crippen LogP contribution >= 0.6 is 0 Å².